The van der Waals surface area contributed by atoms with E-state index in [0.29, 0.717) is 12.1 Å². The normalized spacial score (nSPS) is 17.1. The first-order valence-electron chi connectivity index (χ1n) is 5.69. The second kappa shape index (κ2) is 5.01. The minimum atomic E-state index is -0.152. The summed E-state index contributed by atoms with van der Waals surface area (Å²) in [5.74, 6) is 0. The van der Waals surface area contributed by atoms with E-state index in [1.807, 2.05) is 0 Å². The highest BCUT2D eigenvalue weighted by Gasteiger charge is 2.18. The molecule has 1 aromatic rings. The molecule has 1 aliphatic carbocycles. The van der Waals surface area contributed by atoms with Gasteiger partial charge in [-0.1, -0.05) is 19.3 Å². The van der Waals surface area contributed by atoms with Crippen molar-refractivity contribution in [2.24, 2.45) is 0 Å². The average Bonchev–Trinajstić information content (AvgIpc) is 2.78. The molecule has 1 amide bonds. The predicted octanol–water partition coefficient (Wildman–Crippen LogP) is 1.78. The van der Waals surface area contributed by atoms with Gasteiger partial charge < -0.3 is 10.1 Å². The van der Waals surface area contributed by atoms with Gasteiger partial charge in [-0.15, -0.1) is 0 Å². The molecule has 1 fully saturated rings. The van der Waals surface area contributed by atoms with Crippen LogP contribution in [0.15, 0.2) is 12.4 Å². The van der Waals surface area contributed by atoms with E-state index in [2.05, 4.69) is 10.3 Å². The first kappa shape index (κ1) is 11.0. The van der Waals surface area contributed by atoms with Gasteiger partial charge in [0.25, 0.3) is 0 Å². The number of imidazole rings is 1. The van der Waals surface area contributed by atoms with E-state index in [4.69, 9.17) is 4.74 Å². The Kier molecular flexibility index (Phi) is 3.44. The molecule has 0 bridgehead atoms. The van der Waals surface area contributed by atoms with Crippen molar-refractivity contribution in [3.05, 3.63) is 12.4 Å². The van der Waals surface area contributed by atoms with Crippen LogP contribution >= 0.6 is 0 Å². The Bertz CT molecular complexity index is 356. The summed E-state index contributed by atoms with van der Waals surface area (Å²) in [4.78, 5) is 15.8. The number of carbonyl (C=O) groups is 1. The molecule has 1 aliphatic rings. The number of hydrogen-bond acceptors (Lipinski definition) is 3. The predicted molar refractivity (Wildman–Crippen MR) is 59.6 cm³/mol. The van der Waals surface area contributed by atoms with Crippen LogP contribution in [0.3, 0.4) is 0 Å². The van der Waals surface area contributed by atoms with E-state index in [-0.39, 0.29) is 6.03 Å². The number of aromatic nitrogens is 2. The van der Waals surface area contributed by atoms with E-state index >= 15 is 0 Å². The summed E-state index contributed by atoms with van der Waals surface area (Å²) >= 11 is 0. The Balaban J connectivity index is 1.96. The van der Waals surface area contributed by atoms with Crippen LogP contribution in [0.4, 0.5) is 4.79 Å². The van der Waals surface area contributed by atoms with Crippen LogP contribution in [-0.4, -0.2) is 28.7 Å². The molecule has 0 aliphatic heterocycles. The second-order valence-corrected chi connectivity index (χ2v) is 4.07. The lowest BCUT2D eigenvalue weighted by atomic mass is 9.96. The lowest BCUT2D eigenvalue weighted by Gasteiger charge is -2.22. The lowest BCUT2D eigenvalue weighted by Crippen LogP contribution is -2.38. The molecule has 0 saturated heterocycles. The third kappa shape index (κ3) is 2.35. The molecule has 0 atom stereocenters. The fraction of sp³-hybridized carbons (Fsp3) is 0.636. The smallest absolute Gasteiger partial charge is 0.329 e. The van der Waals surface area contributed by atoms with Crippen molar-refractivity contribution in [2.45, 2.75) is 38.1 Å². The van der Waals surface area contributed by atoms with E-state index in [1.165, 1.54) is 30.9 Å². The number of nitrogens with zero attached hydrogens (tertiary/aromatic N) is 2. The van der Waals surface area contributed by atoms with Crippen LogP contribution in [0.5, 0.6) is 6.01 Å². The van der Waals surface area contributed by atoms with Gasteiger partial charge in [-0.05, 0) is 12.8 Å². The molecule has 0 unspecified atom stereocenters. The van der Waals surface area contributed by atoms with Crippen LogP contribution in [0.1, 0.15) is 32.1 Å². The topological polar surface area (TPSA) is 56.2 Å². The van der Waals surface area contributed by atoms with Crippen molar-refractivity contribution < 1.29 is 9.53 Å². The second-order valence-electron chi connectivity index (χ2n) is 4.07. The fourth-order valence-electron chi connectivity index (χ4n) is 2.09. The summed E-state index contributed by atoms with van der Waals surface area (Å²) in [5.41, 5.74) is 0. The monoisotopic (exact) mass is 223 g/mol. The molecular weight excluding hydrogens is 206 g/mol. The Morgan fingerprint density at radius 2 is 2.25 bits per heavy atom. The number of rotatable bonds is 2. The molecule has 5 heteroatoms. The number of hydrogen-bond donors (Lipinski definition) is 1. The first-order chi connectivity index (χ1) is 7.81. The van der Waals surface area contributed by atoms with E-state index in [1.54, 1.807) is 12.4 Å². The van der Waals surface area contributed by atoms with Gasteiger partial charge in [-0.2, -0.15) is 0 Å². The van der Waals surface area contributed by atoms with Gasteiger partial charge in [-0.3, -0.25) is 0 Å². The largest absolute Gasteiger partial charge is 0.468 e. The molecule has 0 radical (unpaired) electrons. The van der Waals surface area contributed by atoms with E-state index in [0.717, 1.165) is 12.8 Å². The van der Waals surface area contributed by atoms with Crippen LogP contribution in [0.25, 0.3) is 0 Å². The summed E-state index contributed by atoms with van der Waals surface area (Å²) in [5, 5.41) is 3.00. The Morgan fingerprint density at radius 3 is 2.94 bits per heavy atom. The highest BCUT2D eigenvalue weighted by atomic mass is 16.5. The van der Waals surface area contributed by atoms with Gasteiger partial charge in [0.2, 0.25) is 0 Å². The van der Waals surface area contributed by atoms with E-state index in [9.17, 15) is 4.79 Å². The fourth-order valence-corrected chi connectivity index (χ4v) is 2.09. The Labute approximate surface area is 94.8 Å². The number of amides is 1. The molecule has 0 aromatic carbocycles. The summed E-state index contributed by atoms with van der Waals surface area (Å²) < 4.78 is 6.38. The minimum absolute atomic E-state index is 0.152. The Morgan fingerprint density at radius 1 is 1.50 bits per heavy atom. The van der Waals surface area contributed by atoms with Gasteiger partial charge in [0.05, 0.1) is 7.11 Å². The maximum Gasteiger partial charge on any atom is 0.329 e. The van der Waals surface area contributed by atoms with Gasteiger partial charge in [0.1, 0.15) is 0 Å². The van der Waals surface area contributed by atoms with E-state index < -0.39 is 0 Å². The van der Waals surface area contributed by atoms with Crippen LogP contribution in [-0.2, 0) is 0 Å². The van der Waals surface area contributed by atoms with Crippen LogP contribution in [0, 0.1) is 0 Å². The maximum absolute atomic E-state index is 11.9. The van der Waals surface area contributed by atoms with Crippen LogP contribution in [0.2, 0.25) is 0 Å². The zero-order chi connectivity index (χ0) is 11.4. The highest BCUT2D eigenvalue weighted by molar-refractivity contribution is 5.78. The zero-order valence-electron chi connectivity index (χ0n) is 9.48. The van der Waals surface area contributed by atoms with Crippen molar-refractivity contribution in [1.82, 2.24) is 14.9 Å². The molecule has 1 heterocycles. The molecule has 1 aromatic heterocycles. The first-order valence-corrected chi connectivity index (χ1v) is 5.69. The summed E-state index contributed by atoms with van der Waals surface area (Å²) in [6.07, 6.45) is 8.99. The number of methoxy groups -OCH3 is 1. The zero-order valence-corrected chi connectivity index (χ0v) is 9.48. The van der Waals surface area contributed by atoms with Gasteiger partial charge in [-0.25, -0.2) is 14.3 Å². The lowest BCUT2D eigenvalue weighted by molar-refractivity contribution is 0.230. The van der Waals surface area contributed by atoms with Gasteiger partial charge in [0.15, 0.2) is 0 Å². The summed E-state index contributed by atoms with van der Waals surface area (Å²) in [7, 11) is 1.51. The number of ether oxygens (including phenoxy) is 1. The average molecular weight is 223 g/mol. The minimum Gasteiger partial charge on any atom is -0.468 e. The molecular formula is C11H17N3O2. The third-order valence-corrected chi connectivity index (χ3v) is 2.94. The van der Waals surface area contributed by atoms with Gasteiger partial charge in [0, 0.05) is 18.4 Å². The SMILES string of the molecule is COc1nccn1C(=O)NC1CCCCC1. The molecule has 5 nitrogen and oxygen atoms in total. The molecule has 88 valence electrons. The molecule has 16 heavy (non-hydrogen) atoms. The molecule has 1 saturated carbocycles. The standard InChI is InChI=1S/C11H17N3O2/c1-16-11-12-7-8-14(11)10(15)13-9-5-3-2-4-6-9/h7-9H,2-6H2,1H3,(H,13,15). The van der Waals surface area contributed by atoms with Crippen molar-refractivity contribution >= 4 is 6.03 Å². The van der Waals surface area contributed by atoms with Crippen molar-refractivity contribution in [3.8, 4) is 6.01 Å². The molecule has 0 spiro atoms. The van der Waals surface area contributed by atoms with Crippen molar-refractivity contribution in [3.63, 3.8) is 0 Å². The van der Waals surface area contributed by atoms with Gasteiger partial charge >= 0.3 is 12.0 Å². The maximum atomic E-state index is 11.9. The summed E-state index contributed by atoms with van der Waals surface area (Å²) in [6.45, 7) is 0. The quantitative estimate of drug-likeness (QED) is 0.831. The van der Waals surface area contributed by atoms with Crippen molar-refractivity contribution in [2.75, 3.05) is 7.11 Å². The molecule has 1 N–H and O–H groups in total. The Hall–Kier alpha value is -1.52. The third-order valence-electron chi connectivity index (χ3n) is 2.94. The van der Waals surface area contributed by atoms with Crippen molar-refractivity contribution in [1.29, 1.82) is 0 Å². The number of nitrogens with one attached hydrogen (secondary N) is 1. The summed E-state index contributed by atoms with van der Waals surface area (Å²) in [6, 6.07) is 0.475. The van der Waals surface area contributed by atoms with Crippen LogP contribution < -0.4 is 10.1 Å². The number of carbonyl (C=O) groups excluding carboxylic acids is 1. The highest BCUT2D eigenvalue weighted by Crippen LogP contribution is 2.17. The molecule has 2 rings (SSSR count).